The van der Waals surface area contributed by atoms with Gasteiger partial charge in [-0.1, -0.05) is 12.1 Å². The molecular weight excluding hydrogens is 572 g/mol. The van der Waals surface area contributed by atoms with Crippen molar-refractivity contribution < 1.29 is 9.53 Å². The predicted molar refractivity (Wildman–Crippen MR) is 176 cm³/mol. The minimum atomic E-state index is -0.239. The van der Waals surface area contributed by atoms with Gasteiger partial charge in [0.2, 0.25) is 0 Å². The van der Waals surface area contributed by atoms with E-state index in [0.29, 0.717) is 35.7 Å². The SMILES string of the molecule is Cc1cccc(Cn2nc(C)c3c(NC(=O)c4csc5c(Nc6ccc(OCCCN(C)C)cc6)ncnc45)cccc32)n1. The number of ether oxygens (including phenoxy) is 1. The van der Waals surface area contributed by atoms with E-state index in [1.54, 1.807) is 0 Å². The fourth-order valence-electron chi connectivity index (χ4n) is 5.12. The Morgan fingerprint density at radius 3 is 2.64 bits per heavy atom. The number of benzene rings is 2. The predicted octanol–water partition coefficient (Wildman–Crippen LogP) is 6.43. The van der Waals surface area contributed by atoms with E-state index in [2.05, 4.69) is 44.6 Å². The maximum Gasteiger partial charge on any atom is 0.258 e. The fraction of sp³-hybridized carbons (Fsp3) is 0.242. The molecule has 2 N–H and O–H groups in total. The first kappa shape index (κ1) is 29.2. The van der Waals surface area contributed by atoms with Gasteiger partial charge in [-0.25, -0.2) is 9.97 Å². The minimum Gasteiger partial charge on any atom is -0.494 e. The minimum absolute atomic E-state index is 0.239. The number of carbonyl (C=O) groups excluding carboxylic acids is 1. The lowest BCUT2D eigenvalue weighted by Crippen LogP contribution is -2.15. The number of hydrogen-bond acceptors (Lipinski definition) is 9. The molecule has 0 spiro atoms. The number of pyridine rings is 1. The van der Waals surface area contributed by atoms with Gasteiger partial charge in [0, 0.05) is 28.7 Å². The van der Waals surface area contributed by atoms with Gasteiger partial charge in [-0.15, -0.1) is 11.3 Å². The monoisotopic (exact) mass is 606 g/mol. The summed E-state index contributed by atoms with van der Waals surface area (Å²) >= 11 is 1.43. The van der Waals surface area contributed by atoms with Gasteiger partial charge < -0.3 is 20.3 Å². The molecular formula is C33H34N8O2S. The van der Waals surface area contributed by atoms with E-state index in [4.69, 9.17) is 9.84 Å². The summed E-state index contributed by atoms with van der Waals surface area (Å²) in [7, 11) is 4.11. The Morgan fingerprint density at radius 1 is 1.02 bits per heavy atom. The van der Waals surface area contributed by atoms with Gasteiger partial charge >= 0.3 is 0 Å². The van der Waals surface area contributed by atoms with Crippen LogP contribution in [0, 0.1) is 13.8 Å². The molecule has 10 nitrogen and oxygen atoms in total. The van der Waals surface area contributed by atoms with Crippen molar-refractivity contribution in [2.75, 3.05) is 37.9 Å². The smallest absolute Gasteiger partial charge is 0.258 e. The molecule has 44 heavy (non-hydrogen) atoms. The Morgan fingerprint density at radius 2 is 1.84 bits per heavy atom. The number of nitrogens with one attached hydrogen (secondary N) is 2. The normalized spacial score (nSPS) is 11.4. The largest absolute Gasteiger partial charge is 0.494 e. The topological polar surface area (TPSA) is 110 Å². The van der Waals surface area contributed by atoms with Gasteiger partial charge in [-0.05, 0) is 82.9 Å². The Bertz CT molecular complexity index is 1930. The van der Waals surface area contributed by atoms with Crippen LogP contribution in [-0.4, -0.2) is 62.8 Å². The van der Waals surface area contributed by atoms with Crippen molar-refractivity contribution in [1.29, 1.82) is 0 Å². The van der Waals surface area contributed by atoms with Crippen LogP contribution in [0.25, 0.3) is 21.1 Å². The van der Waals surface area contributed by atoms with Gasteiger partial charge in [-0.3, -0.25) is 14.5 Å². The van der Waals surface area contributed by atoms with Crippen LogP contribution < -0.4 is 15.4 Å². The lowest BCUT2D eigenvalue weighted by molar-refractivity contribution is 0.102. The summed E-state index contributed by atoms with van der Waals surface area (Å²) in [6.07, 6.45) is 2.44. The average Bonchev–Trinajstić information content (AvgIpc) is 3.58. The first-order chi connectivity index (χ1) is 21.4. The van der Waals surface area contributed by atoms with Crippen LogP contribution in [0.15, 0.2) is 72.4 Å². The van der Waals surface area contributed by atoms with Crippen molar-refractivity contribution in [3.63, 3.8) is 0 Å². The van der Waals surface area contributed by atoms with Crippen molar-refractivity contribution in [2.24, 2.45) is 0 Å². The lowest BCUT2D eigenvalue weighted by Gasteiger charge is -2.11. The maximum absolute atomic E-state index is 13.6. The Kier molecular flexibility index (Phi) is 8.49. The molecule has 0 bridgehead atoms. The highest BCUT2D eigenvalue weighted by molar-refractivity contribution is 7.18. The number of fused-ring (bicyclic) bond motifs is 2. The van der Waals surface area contributed by atoms with Crippen LogP contribution in [0.4, 0.5) is 17.2 Å². The van der Waals surface area contributed by atoms with E-state index in [1.165, 1.54) is 17.7 Å². The van der Waals surface area contributed by atoms with Crippen LogP contribution in [0.5, 0.6) is 5.75 Å². The number of thiophene rings is 1. The molecule has 0 aliphatic heterocycles. The quantitative estimate of drug-likeness (QED) is 0.163. The van der Waals surface area contributed by atoms with E-state index in [1.807, 2.05) is 84.6 Å². The molecule has 1 amide bonds. The first-order valence-electron chi connectivity index (χ1n) is 14.4. The van der Waals surface area contributed by atoms with Gasteiger partial charge in [0.05, 0.1) is 51.5 Å². The second-order valence-electron chi connectivity index (χ2n) is 10.9. The third-order valence-electron chi connectivity index (χ3n) is 7.19. The van der Waals surface area contributed by atoms with Gasteiger partial charge in [0.25, 0.3) is 5.91 Å². The molecule has 11 heteroatoms. The number of anilines is 3. The summed E-state index contributed by atoms with van der Waals surface area (Å²) in [5.41, 5.74) is 6.30. The Balaban J connectivity index is 1.19. The first-order valence-corrected chi connectivity index (χ1v) is 15.3. The van der Waals surface area contributed by atoms with E-state index in [0.717, 1.165) is 57.1 Å². The van der Waals surface area contributed by atoms with Crippen molar-refractivity contribution >= 4 is 55.6 Å². The molecule has 0 saturated carbocycles. The highest BCUT2D eigenvalue weighted by atomic mass is 32.1. The van der Waals surface area contributed by atoms with E-state index in [9.17, 15) is 4.79 Å². The molecule has 0 saturated heterocycles. The third kappa shape index (κ3) is 6.38. The number of nitrogens with zero attached hydrogens (tertiary/aromatic N) is 6. The van der Waals surface area contributed by atoms with Crippen LogP contribution in [-0.2, 0) is 6.54 Å². The molecule has 2 aromatic carbocycles. The second-order valence-corrected chi connectivity index (χ2v) is 11.8. The zero-order valence-electron chi connectivity index (χ0n) is 25.2. The zero-order valence-corrected chi connectivity index (χ0v) is 26.0. The van der Waals surface area contributed by atoms with Gasteiger partial charge in [0.1, 0.15) is 12.1 Å². The van der Waals surface area contributed by atoms with Crippen molar-refractivity contribution in [2.45, 2.75) is 26.8 Å². The summed E-state index contributed by atoms with van der Waals surface area (Å²) in [6, 6.07) is 19.6. The molecule has 4 heterocycles. The molecule has 6 rings (SSSR count). The molecule has 0 unspecified atom stereocenters. The molecule has 0 aliphatic carbocycles. The number of carbonyl (C=O) groups is 1. The molecule has 0 aliphatic rings. The summed E-state index contributed by atoms with van der Waals surface area (Å²) in [5.74, 6) is 1.22. The van der Waals surface area contributed by atoms with E-state index < -0.39 is 0 Å². The van der Waals surface area contributed by atoms with Crippen molar-refractivity contribution in [3.05, 3.63) is 95.0 Å². The molecule has 224 valence electrons. The third-order valence-corrected chi connectivity index (χ3v) is 8.17. The van der Waals surface area contributed by atoms with Crippen LogP contribution in [0.3, 0.4) is 0 Å². The number of aryl methyl sites for hydroxylation is 2. The van der Waals surface area contributed by atoms with Crippen LogP contribution in [0.2, 0.25) is 0 Å². The summed E-state index contributed by atoms with van der Waals surface area (Å²) in [5, 5.41) is 14.0. The molecule has 6 aromatic rings. The van der Waals surface area contributed by atoms with Crippen molar-refractivity contribution in [3.8, 4) is 5.75 Å². The molecule has 0 fully saturated rings. The summed E-state index contributed by atoms with van der Waals surface area (Å²) in [4.78, 5) is 29.3. The van der Waals surface area contributed by atoms with Gasteiger partial charge in [-0.2, -0.15) is 5.10 Å². The highest BCUT2D eigenvalue weighted by Crippen LogP contribution is 2.33. The molecule has 0 radical (unpaired) electrons. The number of rotatable bonds is 11. The Labute approximate surface area is 259 Å². The lowest BCUT2D eigenvalue weighted by atomic mass is 10.1. The van der Waals surface area contributed by atoms with Crippen LogP contribution >= 0.6 is 11.3 Å². The summed E-state index contributed by atoms with van der Waals surface area (Å²) in [6.45, 7) is 6.12. The van der Waals surface area contributed by atoms with E-state index >= 15 is 0 Å². The van der Waals surface area contributed by atoms with Crippen molar-refractivity contribution in [1.82, 2.24) is 29.6 Å². The zero-order chi connectivity index (χ0) is 30.6. The summed E-state index contributed by atoms with van der Waals surface area (Å²) < 4.78 is 8.57. The van der Waals surface area contributed by atoms with E-state index in [-0.39, 0.29) is 5.91 Å². The average molecular weight is 607 g/mol. The molecule has 4 aromatic heterocycles. The Hall–Kier alpha value is -4.87. The molecule has 0 atom stereocenters. The number of aromatic nitrogens is 5. The van der Waals surface area contributed by atoms with Gasteiger partial charge in [0.15, 0.2) is 5.82 Å². The second kappa shape index (κ2) is 12.8. The van der Waals surface area contributed by atoms with Crippen LogP contribution in [0.1, 0.15) is 33.9 Å². The fourth-order valence-corrected chi connectivity index (χ4v) is 6.06. The number of amides is 1. The maximum atomic E-state index is 13.6. The highest BCUT2D eigenvalue weighted by Gasteiger charge is 2.19. The number of hydrogen-bond donors (Lipinski definition) is 2. The standard InChI is InChI=1S/C33H34N8O2S/c1-21-8-5-9-24(36-21)18-41-28-11-6-10-27(29(28)22(2)39-41)38-33(42)26-19-44-31-30(26)34-20-35-32(31)37-23-12-14-25(15-13-23)43-17-7-16-40(3)4/h5-6,8-15,19-20H,7,16-18H2,1-4H3,(H,38,42)(H,34,35,37).